The zero-order valence-corrected chi connectivity index (χ0v) is 21.2. The third kappa shape index (κ3) is 4.65. The molecule has 0 aromatic heterocycles. The third-order valence-electron chi connectivity index (χ3n) is 7.27. The van der Waals surface area contributed by atoms with Gasteiger partial charge in [-0.2, -0.15) is 5.26 Å². The second-order valence-corrected chi connectivity index (χ2v) is 10.1. The number of carboxylic acid groups (broad SMARTS) is 1. The number of nitriles is 1. The maximum Gasteiger partial charge on any atom is 0.330 e. The number of rotatable bonds is 7. The van der Waals surface area contributed by atoms with Gasteiger partial charge < -0.3 is 10.0 Å². The first kappa shape index (κ1) is 25.8. The van der Waals surface area contributed by atoms with Crippen LogP contribution in [0.1, 0.15) is 66.2 Å². The summed E-state index contributed by atoms with van der Waals surface area (Å²) in [5.74, 6) is -3.40. The van der Waals surface area contributed by atoms with Crippen LogP contribution in [0.2, 0.25) is 0 Å². The second-order valence-electron chi connectivity index (χ2n) is 10.1. The van der Waals surface area contributed by atoms with Crippen molar-refractivity contribution in [2.24, 2.45) is 11.8 Å². The lowest BCUT2D eigenvalue weighted by molar-refractivity contribution is -0.158. The SMILES string of the molecule is CC(C)CC(=O)N1C(c2ccc(C#N)cc2)C(C(=O)c2ccccc2)C(c2ccccc2)C1(C)C(=O)O. The molecule has 1 amide bonds. The van der Waals surface area contributed by atoms with Gasteiger partial charge >= 0.3 is 5.97 Å². The first-order chi connectivity index (χ1) is 17.7. The van der Waals surface area contributed by atoms with Crippen LogP contribution in [0.3, 0.4) is 0 Å². The van der Waals surface area contributed by atoms with Gasteiger partial charge in [0.1, 0.15) is 5.54 Å². The van der Waals surface area contributed by atoms with E-state index in [4.69, 9.17) is 0 Å². The van der Waals surface area contributed by atoms with Crippen molar-refractivity contribution in [3.63, 3.8) is 0 Å². The number of hydrogen-bond donors (Lipinski definition) is 1. The van der Waals surface area contributed by atoms with Gasteiger partial charge in [-0.05, 0) is 36.1 Å². The molecule has 37 heavy (non-hydrogen) atoms. The maximum atomic E-state index is 14.3. The fraction of sp³-hybridized carbons (Fsp3) is 0.290. The number of carbonyl (C=O) groups is 3. The lowest BCUT2D eigenvalue weighted by atomic mass is 9.71. The van der Waals surface area contributed by atoms with Crippen molar-refractivity contribution in [1.29, 1.82) is 5.26 Å². The summed E-state index contributed by atoms with van der Waals surface area (Å²) in [4.78, 5) is 42.7. The molecule has 188 valence electrons. The predicted molar refractivity (Wildman–Crippen MR) is 140 cm³/mol. The number of Topliss-reactive ketones (excluding diaryl/α,β-unsaturated/α-hetero) is 1. The van der Waals surface area contributed by atoms with Gasteiger partial charge in [-0.1, -0.05) is 86.6 Å². The van der Waals surface area contributed by atoms with Crippen LogP contribution < -0.4 is 0 Å². The summed E-state index contributed by atoms with van der Waals surface area (Å²) in [6.45, 7) is 5.37. The number of amides is 1. The molecule has 1 aliphatic heterocycles. The molecule has 0 saturated carbocycles. The summed E-state index contributed by atoms with van der Waals surface area (Å²) in [7, 11) is 0. The first-order valence-electron chi connectivity index (χ1n) is 12.4. The number of hydrogen-bond acceptors (Lipinski definition) is 4. The molecule has 4 atom stereocenters. The monoisotopic (exact) mass is 494 g/mol. The van der Waals surface area contributed by atoms with Gasteiger partial charge in [-0.25, -0.2) is 4.79 Å². The van der Waals surface area contributed by atoms with Crippen molar-refractivity contribution in [1.82, 2.24) is 4.90 Å². The van der Waals surface area contributed by atoms with Crippen molar-refractivity contribution in [3.05, 3.63) is 107 Å². The fourth-order valence-electron chi connectivity index (χ4n) is 5.62. The average Bonchev–Trinajstić information content (AvgIpc) is 3.19. The minimum Gasteiger partial charge on any atom is -0.479 e. The lowest BCUT2D eigenvalue weighted by Crippen LogP contribution is -2.54. The van der Waals surface area contributed by atoms with Crippen molar-refractivity contribution in [3.8, 4) is 6.07 Å². The molecule has 0 radical (unpaired) electrons. The Morgan fingerprint density at radius 3 is 2.00 bits per heavy atom. The summed E-state index contributed by atoms with van der Waals surface area (Å²) < 4.78 is 0. The molecule has 1 heterocycles. The van der Waals surface area contributed by atoms with E-state index in [0.717, 1.165) is 0 Å². The highest BCUT2D eigenvalue weighted by atomic mass is 16.4. The smallest absolute Gasteiger partial charge is 0.330 e. The Labute approximate surface area is 217 Å². The van der Waals surface area contributed by atoms with E-state index < -0.39 is 29.4 Å². The van der Waals surface area contributed by atoms with Gasteiger partial charge in [-0.3, -0.25) is 9.59 Å². The normalized spacial score (nSPS) is 23.0. The van der Waals surface area contributed by atoms with E-state index in [9.17, 15) is 24.8 Å². The fourth-order valence-corrected chi connectivity index (χ4v) is 5.62. The quantitative estimate of drug-likeness (QED) is 0.430. The van der Waals surface area contributed by atoms with Gasteiger partial charge in [0.15, 0.2) is 5.78 Å². The maximum absolute atomic E-state index is 14.3. The van der Waals surface area contributed by atoms with Crippen LogP contribution in [-0.4, -0.2) is 33.2 Å². The number of nitrogens with zero attached hydrogens (tertiary/aromatic N) is 2. The van der Waals surface area contributed by atoms with Gasteiger partial charge in [0, 0.05) is 17.9 Å². The van der Waals surface area contributed by atoms with E-state index in [-0.39, 0.29) is 24.0 Å². The highest BCUT2D eigenvalue weighted by molar-refractivity contribution is 6.02. The Morgan fingerprint density at radius 2 is 1.49 bits per heavy atom. The van der Waals surface area contributed by atoms with E-state index in [2.05, 4.69) is 6.07 Å². The van der Waals surface area contributed by atoms with Gasteiger partial charge in [0.05, 0.1) is 23.6 Å². The topological polar surface area (TPSA) is 98.5 Å². The molecule has 0 bridgehead atoms. The Morgan fingerprint density at radius 1 is 0.919 bits per heavy atom. The molecular weight excluding hydrogens is 464 g/mol. The summed E-state index contributed by atoms with van der Waals surface area (Å²) >= 11 is 0. The number of carbonyl (C=O) groups excluding carboxylic acids is 2. The van der Waals surface area contributed by atoms with Crippen LogP contribution in [-0.2, 0) is 9.59 Å². The summed E-state index contributed by atoms with van der Waals surface area (Å²) in [6, 6.07) is 25.9. The summed E-state index contributed by atoms with van der Waals surface area (Å²) in [6.07, 6.45) is 0.142. The lowest BCUT2D eigenvalue weighted by Gasteiger charge is -2.38. The predicted octanol–water partition coefficient (Wildman–Crippen LogP) is 5.61. The van der Waals surface area contributed by atoms with Crippen molar-refractivity contribution >= 4 is 17.7 Å². The minimum absolute atomic E-state index is 0.00814. The zero-order valence-electron chi connectivity index (χ0n) is 21.2. The van der Waals surface area contributed by atoms with Crippen LogP contribution in [0.5, 0.6) is 0 Å². The molecule has 1 aliphatic rings. The number of ketones is 1. The van der Waals surface area contributed by atoms with E-state index in [0.29, 0.717) is 22.3 Å². The van der Waals surface area contributed by atoms with E-state index in [1.807, 2.05) is 50.2 Å². The van der Waals surface area contributed by atoms with Crippen LogP contribution in [0.4, 0.5) is 0 Å². The molecule has 6 heteroatoms. The Kier molecular flexibility index (Phi) is 7.26. The van der Waals surface area contributed by atoms with Crippen molar-refractivity contribution in [2.75, 3.05) is 0 Å². The average molecular weight is 495 g/mol. The van der Waals surface area contributed by atoms with Crippen LogP contribution in [0.15, 0.2) is 84.9 Å². The Bertz CT molecular complexity index is 1330. The molecule has 0 spiro atoms. The minimum atomic E-state index is -1.69. The Balaban J connectivity index is 2.03. The van der Waals surface area contributed by atoms with Crippen LogP contribution in [0, 0.1) is 23.2 Å². The number of aliphatic carboxylic acids is 1. The van der Waals surface area contributed by atoms with E-state index >= 15 is 0 Å². The molecule has 0 aliphatic carbocycles. The van der Waals surface area contributed by atoms with Gasteiger partial charge in [-0.15, -0.1) is 0 Å². The number of carboxylic acids is 1. The molecule has 3 aromatic carbocycles. The number of likely N-dealkylation sites (tertiary alicyclic amines) is 1. The standard InChI is InChI=1S/C31H30N2O4/c1-20(2)18-25(34)33-28(23-16-14-21(19-32)15-17-23)26(29(35)24-12-8-5-9-13-24)27(31(33,3)30(36)37)22-10-6-4-7-11-22/h4-17,20,26-28H,18H2,1-3H3,(H,36,37). The highest BCUT2D eigenvalue weighted by Crippen LogP contribution is 2.56. The molecule has 4 unspecified atom stereocenters. The zero-order chi connectivity index (χ0) is 26.7. The highest BCUT2D eigenvalue weighted by Gasteiger charge is 2.64. The molecule has 1 fully saturated rings. The molecule has 1 N–H and O–H groups in total. The molecule has 6 nitrogen and oxygen atoms in total. The summed E-state index contributed by atoms with van der Waals surface area (Å²) in [5, 5.41) is 20.0. The van der Waals surface area contributed by atoms with Crippen LogP contribution in [0.25, 0.3) is 0 Å². The van der Waals surface area contributed by atoms with E-state index in [1.54, 1.807) is 55.5 Å². The van der Waals surface area contributed by atoms with Crippen molar-refractivity contribution < 1.29 is 19.5 Å². The van der Waals surface area contributed by atoms with Gasteiger partial charge in [0.25, 0.3) is 0 Å². The van der Waals surface area contributed by atoms with E-state index in [1.165, 1.54) is 4.90 Å². The molecular formula is C31H30N2O4. The Hall–Kier alpha value is -4.24. The summed E-state index contributed by atoms with van der Waals surface area (Å²) in [5.41, 5.74) is 0.504. The van der Waals surface area contributed by atoms with Gasteiger partial charge in [0.2, 0.25) is 5.91 Å². The largest absolute Gasteiger partial charge is 0.479 e. The van der Waals surface area contributed by atoms with Crippen LogP contribution >= 0.6 is 0 Å². The molecule has 4 rings (SSSR count). The molecule has 1 saturated heterocycles. The van der Waals surface area contributed by atoms with Crippen molar-refractivity contribution in [2.45, 2.75) is 44.7 Å². The third-order valence-corrected chi connectivity index (χ3v) is 7.27. The molecule has 3 aromatic rings. The number of benzene rings is 3. The first-order valence-corrected chi connectivity index (χ1v) is 12.4. The second kappa shape index (κ2) is 10.4.